The van der Waals surface area contributed by atoms with Crippen molar-refractivity contribution in [2.24, 2.45) is 0 Å². The molecule has 2 aromatic carbocycles. The average molecular weight is 471 g/mol. The van der Waals surface area contributed by atoms with Crippen LogP contribution in [0.4, 0.5) is 30.7 Å². The van der Waals surface area contributed by atoms with Gasteiger partial charge in [0.2, 0.25) is 0 Å². The second-order valence-corrected chi connectivity index (χ2v) is 7.65. The third kappa shape index (κ3) is 4.77. The number of halogens is 7. The van der Waals surface area contributed by atoms with Gasteiger partial charge in [-0.25, -0.2) is 9.37 Å². The molecule has 3 aromatic rings. The van der Waals surface area contributed by atoms with E-state index in [0.717, 1.165) is 18.2 Å². The van der Waals surface area contributed by atoms with Crippen LogP contribution in [-0.2, 0) is 31.9 Å². The zero-order chi connectivity index (χ0) is 24.0. The lowest BCUT2D eigenvalue weighted by Gasteiger charge is -2.28. The molecular formula is C22H16F7N3O. The molecule has 4 rings (SSSR count). The number of H-pyrrole nitrogens is 1. The molecule has 0 amide bonds. The quantitative estimate of drug-likeness (QED) is 0.537. The highest BCUT2D eigenvalue weighted by Crippen LogP contribution is 2.33. The van der Waals surface area contributed by atoms with Gasteiger partial charge in [-0.3, -0.25) is 9.69 Å². The van der Waals surface area contributed by atoms with Crippen LogP contribution in [0.5, 0.6) is 0 Å². The van der Waals surface area contributed by atoms with E-state index in [2.05, 4.69) is 9.97 Å². The second-order valence-electron chi connectivity index (χ2n) is 7.65. The summed E-state index contributed by atoms with van der Waals surface area (Å²) in [5.74, 6) is -1.23. The Hall–Kier alpha value is -3.21. The van der Waals surface area contributed by atoms with Crippen molar-refractivity contribution in [1.82, 2.24) is 14.9 Å². The van der Waals surface area contributed by atoms with E-state index < -0.39 is 34.9 Å². The Labute approximate surface area is 182 Å². The summed E-state index contributed by atoms with van der Waals surface area (Å²) < 4.78 is 91.5. The zero-order valence-electron chi connectivity index (χ0n) is 16.8. The third-order valence-electron chi connectivity index (χ3n) is 5.41. The minimum Gasteiger partial charge on any atom is -0.306 e. The Morgan fingerprint density at radius 3 is 2.30 bits per heavy atom. The van der Waals surface area contributed by atoms with Gasteiger partial charge < -0.3 is 4.98 Å². The Morgan fingerprint density at radius 2 is 1.67 bits per heavy atom. The molecule has 1 aliphatic heterocycles. The van der Waals surface area contributed by atoms with Crippen LogP contribution in [-0.4, -0.2) is 21.4 Å². The van der Waals surface area contributed by atoms with Crippen LogP contribution in [0.15, 0.2) is 47.3 Å². The van der Waals surface area contributed by atoms with Gasteiger partial charge in [0, 0.05) is 37.2 Å². The van der Waals surface area contributed by atoms with E-state index in [1.165, 1.54) is 18.2 Å². The number of hydrogen-bond acceptors (Lipinski definition) is 3. The first-order chi connectivity index (χ1) is 15.4. The number of fused-ring (bicyclic) bond motifs is 1. The van der Waals surface area contributed by atoms with Crippen LogP contribution in [0.1, 0.15) is 27.9 Å². The van der Waals surface area contributed by atoms with Crippen molar-refractivity contribution in [2.45, 2.75) is 31.9 Å². The minimum absolute atomic E-state index is 0.0423. The van der Waals surface area contributed by atoms with Gasteiger partial charge in [-0.2, -0.15) is 26.3 Å². The first-order valence-electron chi connectivity index (χ1n) is 9.80. The van der Waals surface area contributed by atoms with E-state index in [9.17, 15) is 35.5 Å². The molecule has 1 N–H and O–H groups in total. The van der Waals surface area contributed by atoms with Gasteiger partial charge in [0.1, 0.15) is 11.6 Å². The monoisotopic (exact) mass is 471 g/mol. The van der Waals surface area contributed by atoms with Crippen LogP contribution < -0.4 is 5.56 Å². The summed E-state index contributed by atoms with van der Waals surface area (Å²) >= 11 is 0. The molecule has 0 bridgehead atoms. The Morgan fingerprint density at radius 1 is 0.970 bits per heavy atom. The predicted octanol–water partition coefficient (Wildman–Crippen LogP) is 5.17. The predicted molar refractivity (Wildman–Crippen MR) is 105 cm³/mol. The molecule has 11 heteroatoms. The van der Waals surface area contributed by atoms with Crippen molar-refractivity contribution in [3.8, 4) is 11.4 Å². The fourth-order valence-electron chi connectivity index (χ4n) is 3.73. The minimum atomic E-state index is -4.82. The van der Waals surface area contributed by atoms with Gasteiger partial charge in [0.15, 0.2) is 0 Å². The van der Waals surface area contributed by atoms with E-state index in [4.69, 9.17) is 0 Å². The van der Waals surface area contributed by atoms with Crippen molar-refractivity contribution in [3.63, 3.8) is 0 Å². The molecule has 0 spiro atoms. The number of aromatic nitrogens is 2. The number of hydrogen-bond donors (Lipinski definition) is 1. The van der Waals surface area contributed by atoms with Crippen molar-refractivity contribution in [3.05, 3.63) is 86.6 Å². The number of aromatic amines is 1. The summed E-state index contributed by atoms with van der Waals surface area (Å²) in [4.78, 5) is 21.1. The van der Waals surface area contributed by atoms with Gasteiger partial charge in [0.05, 0.1) is 22.4 Å². The van der Waals surface area contributed by atoms with Crippen molar-refractivity contribution in [2.75, 3.05) is 6.54 Å². The molecule has 0 fully saturated rings. The lowest BCUT2D eigenvalue weighted by Crippen LogP contribution is -2.35. The van der Waals surface area contributed by atoms with Crippen molar-refractivity contribution >= 4 is 0 Å². The zero-order valence-corrected chi connectivity index (χ0v) is 16.8. The highest BCUT2D eigenvalue weighted by molar-refractivity contribution is 5.56. The highest BCUT2D eigenvalue weighted by atomic mass is 19.4. The first kappa shape index (κ1) is 23.0. The summed E-state index contributed by atoms with van der Waals surface area (Å²) in [7, 11) is 0. The summed E-state index contributed by atoms with van der Waals surface area (Å²) in [5.41, 5.74) is -1.81. The van der Waals surface area contributed by atoms with Crippen LogP contribution in [0.25, 0.3) is 11.4 Å². The Kier molecular flexibility index (Phi) is 5.77. The lowest BCUT2D eigenvalue weighted by molar-refractivity contribution is -0.140. The number of nitrogens with zero attached hydrogens (tertiary/aromatic N) is 2. The largest absolute Gasteiger partial charge is 0.419 e. The summed E-state index contributed by atoms with van der Waals surface area (Å²) in [6, 6.07) is 7.25. The van der Waals surface area contributed by atoms with Crippen LogP contribution in [0.3, 0.4) is 0 Å². The standard InChI is InChI=1S/C22H16F7N3O/c23-18-13(2-1-3-16(18)22(27,28)29)10-32-9-8-17-15(11-32)20(33)31-19(30-17)12-4-6-14(7-5-12)21(24,25)26/h1-7H,8-11H2,(H,30,31,33). The van der Waals surface area contributed by atoms with E-state index >= 15 is 0 Å². The van der Waals surface area contributed by atoms with Gasteiger partial charge in [-0.1, -0.05) is 24.3 Å². The average Bonchev–Trinajstić information content (AvgIpc) is 2.74. The van der Waals surface area contributed by atoms with Gasteiger partial charge in [-0.15, -0.1) is 0 Å². The molecule has 33 heavy (non-hydrogen) atoms. The molecule has 4 nitrogen and oxygen atoms in total. The number of benzene rings is 2. The number of nitrogens with one attached hydrogen (secondary N) is 1. The molecule has 174 valence electrons. The van der Waals surface area contributed by atoms with Crippen molar-refractivity contribution < 1.29 is 30.7 Å². The fourth-order valence-corrected chi connectivity index (χ4v) is 3.73. The third-order valence-corrected chi connectivity index (χ3v) is 5.41. The normalized spacial score (nSPS) is 14.9. The SMILES string of the molecule is O=c1[nH]c(-c2ccc(C(F)(F)F)cc2)nc2c1CN(Cc1cccc(C(F)(F)F)c1F)CC2. The maximum Gasteiger partial charge on any atom is 0.419 e. The molecule has 1 aliphatic rings. The maximum atomic E-state index is 14.3. The molecular weight excluding hydrogens is 455 g/mol. The summed E-state index contributed by atoms with van der Waals surface area (Å²) in [6.45, 7) is 0.224. The van der Waals surface area contributed by atoms with Gasteiger partial charge >= 0.3 is 12.4 Å². The van der Waals surface area contributed by atoms with E-state index in [-0.39, 0.29) is 36.5 Å². The van der Waals surface area contributed by atoms with Crippen LogP contribution >= 0.6 is 0 Å². The van der Waals surface area contributed by atoms with E-state index in [0.29, 0.717) is 23.9 Å². The van der Waals surface area contributed by atoms with E-state index in [1.807, 2.05) is 0 Å². The van der Waals surface area contributed by atoms with Crippen LogP contribution in [0.2, 0.25) is 0 Å². The van der Waals surface area contributed by atoms with Gasteiger partial charge in [0.25, 0.3) is 5.56 Å². The topological polar surface area (TPSA) is 49.0 Å². The molecule has 0 atom stereocenters. The first-order valence-corrected chi connectivity index (χ1v) is 9.80. The molecule has 0 radical (unpaired) electrons. The maximum absolute atomic E-state index is 14.3. The smallest absolute Gasteiger partial charge is 0.306 e. The number of alkyl halides is 6. The fraction of sp³-hybridized carbons (Fsp3) is 0.273. The molecule has 0 saturated heterocycles. The van der Waals surface area contributed by atoms with Gasteiger partial charge in [-0.05, 0) is 18.2 Å². The molecule has 1 aromatic heterocycles. The van der Waals surface area contributed by atoms with Crippen molar-refractivity contribution in [1.29, 1.82) is 0 Å². The molecule has 2 heterocycles. The Balaban J connectivity index is 1.56. The van der Waals surface area contributed by atoms with Crippen LogP contribution in [0, 0.1) is 5.82 Å². The lowest BCUT2D eigenvalue weighted by atomic mass is 10.0. The Bertz CT molecular complexity index is 1230. The molecule has 0 saturated carbocycles. The molecule has 0 aliphatic carbocycles. The summed E-state index contributed by atoms with van der Waals surface area (Å²) in [6.07, 6.45) is -9.03. The van der Waals surface area contributed by atoms with E-state index in [1.54, 1.807) is 4.90 Å². The number of rotatable bonds is 3. The highest BCUT2D eigenvalue weighted by Gasteiger charge is 2.35. The molecule has 0 unspecified atom stereocenters. The second kappa shape index (κ2) is 8.29. The summed E-state index contributed by atoms with van der Waals surface area (Å²) in [5, 5.41) is 0.